The second-order valence-corrected chi connectivity index (χ2v) is 7.76. The summed E-state index contributed by atoms with van der Waals surface area (Å²) in [5, 5.41) is 7.70. The fourth-order valence-corrected chi connectivity index (χ4v) is 3.77. The van der Waals surface area contributed by atoms with Gasteiger partial charge in [-0.3, -0.25) is 9.59 Å². The van der Waals surface area contributed by atoms with Crippen molar-refractivity contribution in [1.29, 1.82) is 0 Å². The average molecular weight is 473 g/mol. The molecule has 0 atom stereocenters. The molecule has 0 bridgehead atoms. The van der Waals surface area contributed by atoms with Gasteiger partial charge in [-0.2, -0.15) is 0 Å². The number of amides is 2. The highest BCUT2D eigenvalue weighted by Gasteiger charge is 2.25. The molecule has 0 saturated carbocycles. The van der Waals surface area contributed by atoms with Crippen molar-refractivity contribution in [3.8, 4) is 11.5 Å². The Morgan fingerprint density at radius 3 is 2.56 bits per heavy atom. The minimum Gasteiger partial charge on any atom is -0.463 e. The van der Waals surface area contributed by atoms with Gasteiger partial charge in [-0.1, -0.05) is 34.4 Å². The first kappa shape index (κ1) is 21.9. The number of nitrogens with zero attached hydrogens (tertiary/aromatic N) is 3. The van der Waals surface area contributed by atoms with E-state index < -0.39 is 5.91 Å². The number of rotatable bonds is 6. The van der Waals surface area contributed by atoms with Crippen molar-refractivity contribution in [3.63, 3.8) is 0 Å². The van der Waals surface area contributed by atoms with Crippen LogP contribution in [0.5, 0.6) is 0 Å². The maximum atomic E-state index is 13.4. The maximum absolute atomic E-state index is 13.4. The van der Waals surface area contributed by atoms with E-state index in [-0.39, 0.29) is 24.7 Å². The van der Waals surface area contributed by atoms with Gasteiger partial charge in [0.05, 0.1) is 38.6 Å². The number of anilines is 1. The van der Waals surface area contributed by atoms with Crippen molar-refractivity contribution in [1.82, 2.24) is 15.0 Å². The van der Waals surface area contributed by atoms with Crippen molar-refractivity contribution in [2.75, 3.05) is 18.4 Å². The molecule has 0 fully saturated rings. The molecule has 4 rings (SSSR count). The van der Waals surface area contributed by atoms with E-state index in [9.17, 15) is 9.59 Å². The molecule has 1 aromatic carbocycles. The van der Waals surface area contributed by atoms with Crippen molar-refractivity contribution in [2.45, 2.75) is 13.8 Å². The fourth-order valence-electron chi connectivity index (χ4n) is 3.28. The van der Waals surface area contributed by atoms with Crippen LogP contribution in [0, 0.1) is 6.92 Å². The molecule has 0 radical (unpaired) electrons. The molecule has 0 spiro atoms. The van der Waals surface area contributed by atoms with E-state index in [1.54, 1.807) is 50.2 Å². The van der Waals surface area contributed by atoms with Crippen LogP contribution in [0.2, 0.25) is 10.0 Å². The van der Waals surface area contributed by atoms with Gasteiger partial charge in [-0.05, 0) is 44.2 Å². The van der Waals surface area contributed by atoms with E-state index in [1.807, 2.05) is 0 Å². The lowest BCUT2D eigenvalue weighted by atomic mass is 10.1. The van der Waals surface area contributed by atoms with Crippen molar-refractivity contribution in [3.05, 3.63) is 64.0 Å². The first-order valence-electron chi connectivity index (χ1n) is 9.73. The number of para-hydroxylation sites is 1. The Labute approximate surface area is 193 Å². The van der Waals surface area contributed by atoms with Crippen LogP contribution < -0.4 is 5.32 Å². The number of pyridine rings is 1. The van der Waals surface area contributed by atoms with Gasteiger partial charge in [0.15, 0.2) is 5.76 Å². The van der Waals surface area contributed by atoms with Gasteiger partial charge in [0.2, 0.25) is 5.91 Å². The number of hydrogen-bond donors (Lipinski definition) is 1. The number of carbonyl (C=O) groups is 2. The number of benzene rings is 1. The number of furan rings is 1. The SMILES string of the molecule is CCN(CC(=O)Nc1c(Cl)cccc1Cl)C(=O)c1cc(-c2ccco2)nc2onc(C)c12. The molecular formula is C22H18Cl2N4O4. The molecule has 0 unspecified atom stereocenters. The highest BCUT2D eigenvalue weighted by atomic mass is 35.5. The quantitative estimate of drug-likeness (QED) is 0.413. The number of carbonyl (C=O) groups excluding carboxylic acids is 2. The smallest absolute Gasteiger partial charge is 0.259 e. The summed E-state index contributed by atoms with van der Waals surface area (Å²) in [7, 11) is 0. The summed E-state index contributed by atoms with van der Waals surface area (Å²) in [4.78, 5) is 31.9. The molecule has 3 heterocycles. The average Bonchev–Trinajstić information content (AvgIpc) is 3.44. The number of nitrogens with one attached hydrogen (secondary N) is 1. The Bertz CT molecular complexity index is 1280. The summed E-state index contributed by atoms with van der Waals surface area (Å²) in [6, 6.07) is 9.96. The Kier molecular flexibility index (Phi) is 6.16. The molecule has 0 aliphatic rings. The van der Waals surface area contributed by atoms with E-state index >= 15 is 0 Å². The minimum atomic E-state index is -0.436. The Morgan fingerprint density at radius 1 is 1.16 bits per heavy atom. The number of aryl methyl sites for hydroxylation is 1. The van der Waals surface area contributed by atoms with E-state index in [2.05, 4.69) is 15.5 Å². The second-order valence-electron chi connectivity index (χ2n) is 6.94. The normalized spacial score (nSPS) is 11.0. The summed E-state index contributed by atoms with van der Waals surface area (Å²) in [5.41, 5.74) is 1.76. The van der Waals surface area contributed by atoms with E-state index in [0.29, 0.717) is 43.8 Å². The third kappa shape index (κ3) is 4.19. The van der Waals surface area contributed by atoms with Crippen molar-refractivity contribution in [2.24, 2.45) is 0 Å². The van der Waals surface area contributed by atoms with Crippen molar-refractivity contribution < 1.29 is 18.5 Å². The van der Waals surface area contributed by atoms with Gasteiger partial charge in [0.25, 0.3) is 11.6 Å². The summed E-state index contributed by atoms with van der Waals surface area (Å²) >= 11 is 12.3. The van der Waals surface area contributed by atoms with E-state index in [4.69, 9.17) is 32.1 Å². The van der Waals surface area contributed by atoms with Crippen LogP contribution in [0.15, 0.2) is 51.6 Å². The Balaban J connectivity index is 1.65. The zero-order chi connectivity index (χ0) is 22.8. The van der Waals surface area contributed by atoms with Crippen LogP contribution in [0.3, 0.4) is 0 Å². The van der Waals surface area contributed by atoms with Crippen LogP contribution in [0.1, 0.15) is 23.0 Å². The highest BCUT2D eigenvalue weighted by Crippen LogP contribution is 2.30. The van der Waals surface area contributed by atoms with Crippen LogP contribution in [-0.2, 0) is 4.79 Å². The number of hydrogen-bond acceptors (Lipinski definition) is 6. The molecule has 32 heavy (non-hydrogen) atoms. The minimum absolute atomic E-state index is 0.207. The van der Waals surface area contributed by atoms with Crippen LogP contribution in [0.4, 0.5) is 5.69 Å². The predicted octanol–water partition coefficient (Wildman–Crippen LogP) is 5.20. The predicted molar refractivity (Wildman–Crippen MR) is 121 cm³/mol. The fraction of sp³-hybridized carbons (Fsp3) is 0.182. The zero-order valence-electron chi connectivity index (χ0n) is 17.2. The number of halogens is 2. The molecular weight excluding hydrogens is 455 g/mol. The molecule has 3 aromatic heterocycles. The molecule has 0 aliphatic carbocycles. The van der Waals surface area contributed by atoms with Crippen LogP contribution >= 0.6 is 23.2 Å². The standard InChI is InChI=1S/C22H18Cl2N4O4/c1-3-28(11-18(29)26-20-14(23)6-4-7-15(20)24)22(30)13-10-16(17-8-5-9-31-17)25-21-19(13)12(2)27-32-21/h4-10H,3,11H2,1-2H3,(H,26,29). The number of likely N-dealkylation sites (N-methyl/N-ethyl adjacent to an activating group) is 1. The maximum Gasteiger partial charge on any atom is 0.259 e. The van der Waals surface area contributed by atoms with E-state index in [1.165, 1.54) is 11.2 Å². The summed E-state index contributed by atoms with van der Waals surface area (Å²) in [5.74, 6) is -0.336. The molecule has 8 nitrogen and oxygen atoms in total. The third-order valence-corrected chi connectivity index (χ3v) is 5.48. The topological polar surface area (TPSA) is 101 Å². The molecule has 0 aliphatic heterocycles. The lowest BCUT2D eigenvalue weighted by molar-refractivity contribution is -0.116. The second kappa shape index (κ2) is 9.02. The third-order valence-electron chi connectivity index (χ3n) is 4.85. The monoisotopic (exact) mass is 472 g/mol. The summed E-state index contributed by atoms with van der Waals surface area (Å²) < 4.78 is 10.7. The van der Waals surface area contributed by atoms with Crippen LogP contribution in [-0.4, -0.2) is 39.9 Å². The van der Waals surface area contributed by atoms with Gasteiger partial charge in [0, 0.05) is 6.54 Å². The van der Waals surface area contributed by atoms with Gasteiger partial charge < -0.3 is 19.2 Å². The molecule has 0 saturated heterocycles. The largest absolute Gasteiger partial charge is 0.463 e. The summed E-state index contributed by atoms with van der Waals surface area (Å²) in [6.07, 6.45) is 1.51. The molecule has 10 heteroatoms. The molecule has 2 amide bonds. The van der Waals surface area contributed by atoms with Gasteiger partial charge in [-0.15, -0.1) is 0 Å². The van der Waals surface area contributed by atoms with Crippen LogP contribution in [0.25, 0.3) is 22.6 Å². The molecule has 164 valence electrons. The number of fused-ring (bicyclic) bond motifs is 1. The van der Waals surface area contributed by atoms with E-state index in [0.717, 1.165) is 0 Å². The number of aromatic nitrogens is 2. The first-order chi connectivity index (χ1) is 15.4. The Hall–Kier alpha value is -3.36. The lowest BCUT2D eigenvalue weighted by Gasteiger charge is -2.21. The molecule has 4 aromatic rings. The lowest BCUT2D eigenvalue weighted by Crippen LogP contribution is -2.38. The van der Waals surface area contributed by atoms with Gasteiger partial charge in [-0.25, -0.2) is 4.98 Å². The molecule has 1 N–H and O–H groups in total. The highest BCUT2D eigenvalue weighted by molar-refractivity contribution is 6.39. The Morgan fingerprint density at radius 2 is 1.91 bits per heavy atom. The zero-order valence-corrected chi connectivity index (χ0v) is 18.7. The first-order valence-corrected chi connectivity index (χ1v) is 10.5. The van der Waals surface area contributed by atoms with Crippen molar-refractivity contribution >= 4 is 51.8 Å². The van der Waals surface area contributed by atoms with Gasteiger partial charge >= 0.3 is 0 Å². The van der Waals surface area contributed by atoms with Gasteiger partial charge in [0.1, 0.15) is 12.2 Å². The summed E-state index contributed by atoms with van der Waals surface area (Å²) in [6.45, 7) is 3.58.